The standard InChI is InChI=1S/C17H16N4O2/c22-16-15(14(11-19-16)13-6-2-1-3-7-13)17(23)21-20-10-12-5-4-8-18-9-12/h1-10,14-15H,11H2,(H,19,22)(H,21,23)/t14-,15+/m1/s1. The Morgan fingerprint density at radius 2 is 2.09 bits per heavy atom. The van der Waals surface area contributed by atoms with Crippen LogP contribution in [0.3, 0.4) is 0 Å². The lowest BCUT2D eigenvalue weighted by molar-refractivity contribution is -0.133. The highest BCUT2D eigenvalue weighted by molar-refractivity contribution is 6.03. The molecule has 2 amide bonds. The van der Waals surface area contributed by atoms with Gasteiger partial charge in [0.2, 0.25) is 5.91 Å². The number of rotatable bonds is 4. The van der Waals surface area contributed by atoms with Gasteiger partial charge in [0.25, 0.3) is 5.91 Å². The topological polar surface area (TPSA) is 83.5 Å². The monoisotopic (exact) mass is 308 g/mol. The molecule has 0 aliphatic carbocycles. The van der Waals surface area contributed by atoms with Gasteiger partial charge in [0.15, 0.2) is 0 Å². The largest absolute Gasteiger partial charge is 0.355 e. The third-order valence-corrected chi connectivity index (χ3v) is 3.76. The molecule has 2 atom stereocenters. The molecule has 0 radical (unpaired) electrons. The zero-order chi connectivity index (χ0) is 16.1. The summed E-state index contributed by atoms with van der Waals surface area (Å²) in [6, 6.07) is 13.1. The second-order valence-electron chi connectivity index (χ2n) is 5.26. The summed E-state index contributed by atoms with van der Waals surface area (Å²) in [7, 11) is 0. The first-order valence-electron chi connectivity index (χ1n) is 7.31. The lowest BCUT2D eigenvalue weighted by Crippen LogP contribution is -2.34. The number of benzene rings is 1. The van der Waals surface area contributed by atoms with Crippen molar-refractivity contribution in [3.63, 3.8) is 0 Å². The smallest absolute Gasteiger partial charge is 0.253 e. The summed E-state index contributed by atoms with van der Waals surface area (Å²) in [6.45, 7) is 0.452. The lowest BCUT2D eigenvalue weighted by Gasteiger charge is -2.15. The molecule has 0 bridgehead atoms. The molecule has 1 aliphatic heterocycles. The molecule has 0 unspecified atom stereocenters. The molecule has 1 fully saturated rings. The highest BCUT2D eigenvalue weighted by atomic mass is 16.2. The summed E-state index contributed by atoms with van der Waals surface area (Å²) in [5.41, 5.74) is 4.17. The van der Waals surface area contributed by atoms with E-state index in [0.29, 0.717) is 6.54 Å². The van der Waals surface area contributed by atoms with Crippen molar-refractivity contribution < 1.29 is 9.59 Å². The summed E-state index contributed by atoms with van der Waals surface area (Å²) >= 11 is 0. The predicted molar refractivity (Wildman–Crippen MR) is 85.7 cm³/mol. The van der Waals surface area contributed by atoms with Gasteiger partial charge in [0.05, 0.1) is 6.21 Å². The average molecular weight is 308 g/mol. The number of pyridine rings is 1. The van der Waals surface area contributed by atoms with E-state index in [1.54, 1.807) is 18.5 Å². The van der Waals surface area contributed by atoms with Gasteiger partial charge < -0.3 is 5.32 Å². The normalized spacial score (nSPS) is 20.4. The Balaban J connectivity index is 1.70. The molecular formula is C17H16N4O2. The van der Waals surface area contributed by atoms with Crippen LogP contribution in [-0.2, 0) is 9.59 Å². The molecule has 2 heterocycles. The molecule has 0 saturated carbocycles. The summed E-state index contributed by atoms with van der Waals surface area (Å²) in [5.74, 6) is -1.64. The van der Waals surface area contributed by atoms with Crippen molar-refractivity contribution in [2.75, 3.05) is 6.54 Å². The van der Waals surface area contributed by atoms with Crippen molar-refractivity contribution in [3.8, 4) is 0 Å². The van der Waals surface area contributed by atoms with Gasteiger partial charge in [0, 0.05) is 30.4 Å². The van der Waals surface area contributed by atoms with Gasteiger partial charge in [-0.3, -0.25) is 14.6 Å². The van der Waals surface area contributed by atoms with Crippen LogP contribution >= 0.6 is 0 Å². The fraction of sp³-hybridized carbons (Fsp3) is 0.176. The van der Waals surface area contributed by atoms with Gasteiger partial charge in [-0.2, -0.15) is 5.10 Å². The molecule has 0 spiro atoms. The summed E-state index contributed by atoms with van der Waals surface area (Å²) in [4.78, 5) is 28.3. The van der Waals surface area contributed by atoms with Crippen LogP contribution in [0.15, 0.2) is 60.0 Å². The second kappa shape index (κ2) is 6.83. The molecule has 1 saturated heterocycles. The van der Waals surface area contributed by atoms with Gasteiger partial charge in [-0.15, -0.1) is 0 Å². The van der Waals surface area contributed by atoms with Crippen molar-refractivity contribution in [1.29, 1.82) is 0 Å². The Morgan fingerprint density at radius 1 is 1.26 bits per heavy atom. The number of carbonyl (C=O) groups excluding carboxylic acids is 2. The van der Waals surface area contributed by atoms with E-state index >= 15 is 0 Å². The van der Waals surface area contributed by atoms with E-state index in [4.69, 9.17) is 0 Å². The van der Waals surface area contributed by atoms with Gasteiger partial charge in [-0.25, -0.2) is 5.43 Å². The number of hydrogen-bond acceptors (Lipinski definition) is 4. The zero-order valence-corrected chi connectivity index (χ0v) is 12.3. The van der Waals surface area contributed by atoms with Crippen molar-refractivity contribution in [3.05, 3.63) is 66.0 Å². The van der Waals surface area contributed by atoms with E-state index < -0.39 is 11.8 Å². The maximum absolute atomic E-state index is 12.3. The minimum Gasteiger partial charge on any atom is -0.355 e. The molecule has 6 heteroatoms. The number of amides is 2. The number of nitrogens with one attached hydrogen (secondary N) is 2. The first-order valence-corrected chi connectivity index (χ1v) is 7.31. The van der Waals surface area contributed by atoms with Gasteiger partial charge >= 0.3 is 0 Å². The minimum absolute atomic E-state index is 0.183. The van der Waals surface area contributed by atoms with E-state index in [1.165, 1.54) is 6.21 Å². The molecule has 6 nitrogen and oxygen atoms in total. The van der Waals surface area contributed by atoms with Crippen molar-refractivity contribution >= 4 is 18.0 Å². The maximum Gasteiger partial charge on any atom is 0.253 e. The number of nitrogens with zero attached hydrogens (tertiary/aromatic N) is 2. The first-order chi connectivity index (χ1) is 11.3. The van der Waals surface area contributed by atoms with E-state index in [0.717, 1.165) is 11.1 Å². The van der Waals surface area contributed by atoms with Crippen LogP contribution in [0, 0.1) is 5.92 Å². The lowest BCUT2D eigenvalue weighted by atomic mass is 9.88. The number of carbonyl (C=O) groups is 2. The molecule has 1 aliphatic rings. The first kappa shape index (κ1) is 14.9. The molecular weight excluding hydrogens is 292 g/mol. The maximum atomic E-state index is 12.3. The summed E-state index contributed by atoms with van der Waals surface area (Å²) in [5, 5.41) is 6.65. The molecule has 1 aromatic heterocycles. The van der Waals surface area contributed by atoms with E-state index in [-0.39, 0.29) is 11.8 Å². The van der Waals surface area contributed by atoms with E-state index in [2.05, 4.69) is 20.8 Å². The van der Waals surface area contributed by atoms with Crippen LogP contribution < -0.4 is 10.7 Å². The van der Waals surface area contributed by atoms with Crippen molar-refractivity contribution in [1.82, 2.24) is 15.7 Å². The van der Waals surface area contributed by atoms with Crippen LogP contribution in [0.5, 0.6) is 0 Å². The summed E-state index contributed by atoms with van der Waals surface area (Å²) in [6.07, 6.45) is 4.78. The van der Waals surface area contributed by atoms with Crippen LogP contribution in [0.1, 0.15) is 17.0 Å². The van der Waals surface area contributed by atoms with Gasteiger partial charge in [0.1, 0.15) is 5.92 Å². The molecule has 116 valence electrons. The van der Waals surface area contributed by atoms with Gasteiger partial charge in [-0.1, -0.05) is 36.4 Å². The Bertz CT molecular complexity index is 716. The molecule has 1 aromatic carbocycles. The quantitative estimate of drug-likeness (QED) is 0.503. The van der Waals surface area contributed by atoms with Crippen LogP contribution in [-0.4, -0.2) is 29.6 Å². The summed E-state index contributed by atoms with van der Waals surface area (Å²) < 4.78 is 0. The third kappa shape index (κ3) is 3.42. The Kier molecular flexibility index (Phi) is 4.42. The Hall–Kier alpha value is -3.02. The van der Waals surface area contributed by atoms with E-state index in [9.17, 15) is 9.59 Å². The number of aromatic nitrogens is 1. The third-order valence-electron chi connectivity index (χ3n) is 3.76. The average Bonchev–Trinajstić information content (AvgIpc) is 2.98. The van der Waals surface area contributed by atoms with Crippen molar-refractivity contribution in [2.45, 2.75) is 5.92 Å². The number of hydrazone groups is 1. The van der Waals surface area contributed by atoms with Crippen LogP contribution in [0.4, 0.5) is 0 Å². The SMILES string of the molecule is O=C1NC[C@H](c2ccccc2)[C@@H]1C(=O)NN=Cc1cccnc1. The minimum atomic E-state index is -0.775. The van der Waals surface area contributed by atoms with Crippen molar-refractivity contribution in [2.24, 2.45) is 11.0 Å². The molecule has 3 rings (SSSR count). The zero-order valence-electron chi connectivity index (χ0n) is 12.3. The Morgan fingerprint density at radius 3 is 2.83 bits per heavy atom. The molecule has 23 heavy (non-hydrogen) atoms. The van der Waals surface area contributed by atoms with Crippen LogP contribution in [0.25, 0.3) is 0 Å². The van der Waals surface area contributed by atoms with Gasteiger partial charge in [-0.05, 0) is 11.6 Å². The van der Waals surface area contributed by atoms with E-state index in [1.807, 2.05) is 36.4 Å². The fourth-order valence-electron chi connectivity index (χ4n) is 2.63. The highest BCUT2D eigenvalue weighted by Gasteiger charge is 2.40. The molecule has 2 N–H and O–H groups in total. The Labute approximate surface area is 133 Å². The highest BCUT2D eigenvalue weighted by Crippen LogP contribution is 2.28. The fourth-order valence-corrected chi connectivity index (χ4v) is 2.63. The number of hydrogen-bond donors (Lipinski definition) is 2. The second-order valence-corrected chi connectivity index (χ2v) is 5.26. The van der Waals surface area contributed by atoms with Crippen LogP contribution in [0.2, 0.25) is 0 Å². The molecule has 2 aromatic rings. The predicted octanol–water partition coefficient (Wildman–Crippen LogP) is 1.06.